The fourth-order valence-electron chi connectivity index (χ4n) is 1.99. The Hall–Kier alpha value is -2.43. The molecule has 3 rings (SSSR count). The molecule has 5 heteroatoms. The van der Waals surface area contributed by atoms with Crippen LogP contribution in [0.2, 0.25) is 0 Å². The maximum absolute atomic E-state index is 13.5. The van der Waals surface area contributed by atoms with Crippen LogP contribution in [-0.2, 0) is 6.54 Å². The molecule has 0 amide bonds. The van der Waals surface area contributed by atoms with Gasteiger partial charge in [-0.3, -0.25) is 5.10 Å². The largest absolute Gasteiger partial charge is 0.379 e. The van der Waals surface area contributed by atoms with E-state index in [1.165, 1.54) is 6.07 Å². The predicted octanol–water partition coefficient (Wildman–Crippen LogP) is 3.45. The SMILES string of the molecule is Fc1ccc(F)c(CNc2cccc3cn[nH]c23)c1. The van der Waals surface area contributed by atoms with Crippen molar-refractivity contribution in [3.8, 4) is 0 Å². The summed E-state index contributed by atoms with van der Waals surface area (Å²) in [7, 11) is 0. The number of aromatic nitrogens is 2. The highest BCUT2D eigenvalue weighted by atomic mass is 19.1. The van der Waals surface area contributed by atoms with Crippen LogP contribution in [0.25, 0.3) is 10.9 Å². The van der Waals surface area contributed by atoms with E-state index in [9.17, 15) is 8.78 Å². The first-order chi connectivity index (χ1) is 9.24. The Morgan fingerprint density at radius 2 is 2.05 bits per heavy atom. The number of aromatic amines is 1. The molecule has 0 fully saturated rings. The zero-order chi connectivity index (χ0) is 13.2. The molecule has 0 aliphatic rings. The summed E-state index contributed by atoms with van der Waals surface area (Å²) in [5, 5.41) is 10.9. The maximum atomic E-state index is 13.5. The minimum atomic E-state index is -0.446. The first kappa shape index (κ1) is 11.6. The van der Waals surface area contributed by atoms with E-state index < -0.39 is 11.6 Å². The molecule has 0 spiro atoms. The van der Waals surface area contributed by atoms with Crippen LogP contribution in [0.5, 0.6) is 0 Å². The summed E-state index contributed by atoms with van der Waals surface area (Å²) in [5.41, 5.74) is 1.94. The van der Waals surface area contributed by atoms with Crippen LogP contribution in [0.15, 0.2) is 42.6 Å². The van der Waals surface area contributed by atoms with Gasteiger partial charge in [0, 0.05) is 17.5 Å². The monoisotopic (exact) mass is 259 g/mol. The second-order valence-corrected chi connectivity index (χ2v) is 4.23. The van der Waals surface area contributed by atoms with Gasteiger partial charge in [-0.25, -0.2) is 8.78 Å². The predicted molar refractivity (Wildman–Crippen MR) is 69.8 cm³/mol. The first-order valence-electron chi connectivity index (χ1n) is 5.84. The molecule has 0 saturated carbocycles. The van der Waals surface area contributed by atoms with E-state index in [0.717, 1.165) is 28.7 Å². The summed E-state index contributed by atoms with van der Waals surface area (Å²) in [4.78, 5) is 0. The molecule has 19 heavy (non-hydrogen) atoms. The quantitative estimate of drug-likeness (QED) is 0.756. The van der Waals surface area contributed by atoms with Crippen molar-refractivity contribution in [1.82, 2.24) is 10.2 Å². The van der Waals surface area contributed by atoms with Gasteiger partial charge in [0.2, 0.25) is 0 Å². The smallest absolute Gasteiger partial charge is 0.128 e. The molecular weight excluding hydrogens is 248 g/mol. The molecule has 0 atom stereocenters. The van der Waals surface area contributed by atoms with E-state index in [1.807, 2.05) is 18.2 Å². The summed E-state index contributed by atoms with van der Waals surface area (Å²) in [6, 6.07) is 9.08. The number of fused-ring (bicyclic) bond motifs is 1. The normalized spacial score (nSPS) is 10.8. The molecule has 0 aliphatic carbocycles. The van der Waals surface area contributed by atoms with Crippen molar-refractivity contribution < 1.29 is 8.78 Å². The summed E-state index contributed by atoms with van der Waals surface area (Å²) in [6.45, 7) is 0.210. The minimum Gasteiger partial charge on any atom is -0.379 e. The lowest BCUT2D eigenvalue weighted by Crippen LogP contribution is -2.02. The summed E-state index contributed by atoms with van der Waals surface area (Å²) >= 11 is 0. The van der Waals surface area contributed by atoms with Crippen molar-refractivity contribution in [2.75, 3.05) is 5.32 Å². The summed E-state index contributed by atoms with van der Waals surface area (Å²) in [6.07, 6.45) is 1.71. The maximum Gasteiger partial charge on any atom is 0.128 e. The Bertz CT molecular complexity index is 722. The highest BCUT2D eigenvalue weighted by Crippen LogP contribution is 2.21. The molecule has 0 aliphatic heterocycles. The molecule has 0 radical (unpaired) electrons. The van der Waals surface area contributed by atoms with Crippen LogP contribution in [0.1, 0.15) is 5.56 Å². The fraction of sp³-hybridized carbons (Fsp3) is 0.0714. The first-order valence-corrected chi connectivity index (χ1v) is 5.84. The molecular formula is C14H11F2N3. The van der Waals surface area contributed by atoms with E-state index in [-0.39, 0.29) is 12.1 Å². The van der Waals surface area contributed by atoms with Crippen LogP contribution < -0.4 is 5.32 Å². The van der Waals surface area contributed by atoms with Crippen LogP contribution in [0.3, 0.4) is 0 Å². The number of nitrogens with one attached hydrogen (secondary N) is 2. The Morgan fingerprint density at radius 3 is 2.95 bits per heavy atom. The number of H-pyrrole nitrogens is 1. The van der Waals surface area contributed by atoms with E-state index in [0.29, 0.717) is 0 Å². The Balaban J connectivity index is 1.86. The minimum absolute atomic E-state index is 0.210. The Labute approximate surface area is 108 Å². The van der Waals surface area contributed by atoms with Gasteiger partial charge in [0.15, 0.2) is 0 Å². The molecule has 0 unspecified atom stereocenters. The Morgan fingerprint density at radius 1 is 1.16 bits per heavy atom. The third-order valence-electron chi connectivity index (χ3n) is 2.95. The number of nitrogens with zero attached hydrogens (tertiary/aromatic N) is 1. The average Bonchev–Trinajstić information content (AvgIpc) is 2.88. The standard InChI is InChI=1S/C14H11F2N3/c15-11-4-5-12(16)10(6-11)7-17-13-3-1-2-9-8-18-19-14(9)13/h1-6,8,17H,7H2,(H,18,19). The molecule has 3 aromatic rings. The van der Waals surface area contributed by atoms with Gasteiger partial charge in [-0.15, -0.1) is 0 Å². The van der Waals surface area contributed by atoms with Crippen molar-refractivity contribution in [2.24, 2.45) is 0 Å². The van der Waals surface area contributed by atoms with Crippen molar-refractivity contribution in [3.63, 3.8) is 0 Å². The van der Waals surface area contributed by atoms with Crippen molar-refractivity contribution >= 4 is 16.6 Å². The molecule has 1 aromatic heterocycles. The van der Waals surface area contributed by atoms with Crippen LogP contribution >= 0.6 is 0 Å². The summed E-state index contributed by atoms with van der Waals surface area (Å²) < 4.78 is 26.6. The molecule has 96 valence electrons. The second kappa shape index (κ2) is 4.68. The van der Waals surface area contributed by atoms with Gasteiger partial charge in [-0.05, 0) is 24.3 Å². The second-order valence-electron chi connectivity index (χ2n) is 4.23. The molecule has 3 nitrogen and oxygen atoms in total. The molecule has 0 saturated heterocycles. The van der Waals surface area contributed by atoms with E-state index in [4.69, 9.17) is 0 Å². The Kier molecular flexibility index (Phi) is 2.87. The van der Waals surface area contributed by atoms with E-state index >= 15 is 0 Å². The molecule has 0 bridgehead atoms. The van der Waals surface area contributed by atoms with Gasteiger partial charge in [-0.2, -0.15) is 5.10 Å². The van der Waals surface area contributed by atoms with Gasteiger partial charge < -0.3 is 5.32 Å². The number of rotatable bonds is 3. The van der Waals surface area contributed by atoms with Crippen molar-refractivity contribution in [3.05, 3.63) is 59.8 Å². The zero-order valence-electron chi connectivity index (χ0n) is 9.95. The van der Waals surface area contributed by atoms with E-state index in [1.54, 1.807) is 6.20 Å². The number of hydrogen-bond donors (Lipinski definition) is 2. The summed E-state index contributed by atoms with van der Waals surface area (Å²) in [5.74, 6) is -0.872. The van der Waals surface area contributed by atoms with Crippen molar-refractivity contribution in [1.29, 1.82) is 0 Å². The van der Waals surface area contributed by atoms with Gasteiger partial charge in [-0.1, -0.05) is 12.1 Å². The van der Waals surface area contributed by atoms with E-state index in [2.05, 4.69) is 15.5 Å². The number of anilines is 1. The topological polar surface area (TPSA) is 40.7 Å². The van der Waals surface area contributed by atoms with Gasteiger partial charge in [0.05, 0.1) is 17.4 Å². The third-order valence-corrected chi connectivity index (χ3v) is 2.95. The van der Waals surface area contributed by atoms with Gasteiger partial charge in [0.1, 0.15) is 11.6 Å². The van der Waals surface area contributed by atoms with Crippen LogP contribution in [-0.4, -0.2) is 10.2 Å². The van der Waals surface area contributed by atoms with Gasteiger partial charge in [0.25, 0.3) is 0 Å². The van der Waals surface area contributed by atoms with Crippen LogP contribution in [0.4, 0.5) is 14.5 Å². The lowest BCUT2D eigenvalue weighted by atomic mass is 10.2. The lowest BCUT2D eigenvalue weighted by Gasteiger charge is -2.08. The fourth-order valence-corrected chi connectivity index (χ4v) is 1.99. The number of benzene rings is 2. The third kappa shape index (κ3) is 2.27. The number of hydrogen-bond acceptors (Lipinski definition) is 2. The average molecular weight is 259 g/mol. The van der Waals surface area contributed by atoms with Crippen LogP contribution in [0, 0.1) is 11.6 Å². The molecule has 1 heterocycles. The highest BCUT2D eigenvalue weighted by molar-refractivity contribution is 5.89. The number of halogens is 2. The number of para-hydroxylation sites is 1. The zero-order valence-corrected chi connectivity index (χ0v) is 9.95. The molecule has 2 N–H and O–H groups in total. The lowest BCUT2D eigenvalue weighted by molar-refractivity contribution is 0.587. The van der Waals surface area contributed by atoms with Crippen molar-refractivity contribution in [2.45, 2.75) is 6.54 Å². The molecule has 2 aromatic carbocycles. The highest BCUT2D eigenvalue weighted by Gasteiger charge is 2.06. The van der Waals surface area contributed by atoms with Gasteiger partial charge >= 0.3 is 0 Å².